The third-order valence-electron chi connectivity index (χ3n) is 5.22. The van der Waals surface area contributed by atoms with E-state index < -0.39 is 12.1 Å². The summed E-state index contributed by atoms with van der Waals surface area (Å²) in [5, 5.41) is 9.79. The van der Waals surface area contributed by atoms with E-state index in [2.05, 4.69) is 11.4 Å². The van der Waals surface area contributed by atoms with Gasteiger partial charge in [-0.1, -0.05) is 6.08 Å². The second-order valence-corrected chi connectivity index (χ2v) is 7.48. The minimum atomic E-state index is -5.08. The number of aliphatic carboxylic acids is 1. The van der Waals surface area contributed by atoms with Crippen molar-refractivity contribution in [3.63, 3.8) is 0 Å². The summed E-state index contributed by atoms with van der Waals surface area (Å²) in [5.41, 5.74) is 0.679. The number of carbonyl (C=O) groups excluding carboxylic acids is 2. The molecule has 0 aromatic rings. The van der Waals surface area contributed by atoms with Gasteiger partial charge in [0.2, 0.25) is 11.8 Å². The van der Waals surface area contributed by atoms with Crippen molar-refractivity contribution < 1.29 is 37.4 Å². The van der Waals surface area contributed by atoms with Gasteiger partial charge in [0.25, 0.3) is 0 Å². The van der Waals surface area contributed by atoms with E-state index in [0.717, 1.165) is 24.8 Å². The van der Waals surface area contributed by atoms with E-state index in [4.69, 9.17) is 14.6 Å². The number of hydrogen-bond acceptors (Lipinski definition) is 5. The fraction of sp³-hybridized carbons (Fsp3) is 0.722. The van der Waals surface area contributed by atoms with Gasteiger partial charge < -0.3 is 20.1 Å². The maximum atomic E-state index is 12.4. The number of morpholine rings is 1. The van der Waals surface area contributed by atoms with Crippen LogP contribution in [0.25, 0.3) is 0 Å². The van der Waals surface area contributed by atoms with Crippen LogP contribution in [0.15, 0.2) is 11.6 Å². The number of likely N-dealkylation sites (tertiary alicyclic amines) is 1. The topological polar surface area (TPSA) is 99.2 Å². The highest BCUT2D eigenvalue weighted by Gasteiger charge is 2.51. The first-order valence-corrected chi connectivity index (χ1v) is 9.33. The second kappa shape index (κ2) is 9.12. The predicted molar refractivity (Wildman–Crippen MR) is 96.0 cm³/mol. The molecule has 3 rings (SSSR count). The van der Waals surface area contributed by atoms with Crippen molar-refractivity contribution in [1.82, 2.24) is 15.1 Å². The van der Waals surface area contributed by atoms with Crippen molar-refractivity contribution in [2.45, 2.75) is 43.5 Å². The van der Waals surface area contributed by atoms with Crippen LogP contribution in [0.5, 0.6) is 0 Å². The number of rotatable bonds is 2. The molecule has 0 aromatic heterocycles. The Bertz CT molecular complexity index is 674. The molecule has 0 bridgehead atoms. The van der Waals surface area contributed by atoms with Gasteiger partial charge in [-0.2, -0.15) is 13.2 Å². The number of ether oxygens (including phenoxy) is 1. The fourth-order valence-corrected chi connectivity index (χ4v) is 3.66. The van der Waals surface area contributed by atoms with Crippen LogP contribution >= 0.6 is 0 Å². The molecule has 164 valence electrons. The van der Waals surface area contributed by atoms with Crippen LogP contribution in [-0.2, 0) is 19.1 Å². The van der Waals surface area contributed by atoms with Gasteiger partial charge in [-0.3, -0.25) is 14.5 Å². The Hall–Kier alpha value is -2.14. The SMILES string of the molecule is CNC(=O)C1COC2(CN(C(=O)C3=CCCCC3)C2)CN1C.O=C(O)C(F)(F)F. The monoisotopic (exact) mass is 421 g/mol. The van der Waals surface area contributed by atoms with Crippen LogP contribution in [-0.4, -0.2) is 90.8 Å². The summed E-state index contributed by atoms with van der Waals surface area (Å²) in [5.74, 6) is -2.60. The van der Waals surface area contributed by atoms with Crippen molar-refractivity contribution in [2.75, 3.05) is 40.3 Å². The molecule has 29 heavy (non-hydrogen) atoms. The molecule has 0 aromatic carbocycles. The van der Waals surface area contributed by atoms with Crippen molar-refractivity contribution in [1.29, 1.82) is 0 Å². The number of nitrogens with one attached hydrogen (secondary N) is 1. The normalized spacial score (nSPS) is 24.0. The van der Waals surface area contributed by atoms with E-state index in [1.54, 1.807) is 7.05 Å². The molecular weight excluding hydrogens is 395 g/mol. The summed E-state index contributed by atoms with van der Waals surface area (Å²) in [6.45, 7) is 2.34. The van der Waals surface area contributed by atoms with Crippen molar-refractivity contribution in [3.8, 4) is 0 Å². The number of alkyl halides is 3. The molecule has 3 aliphatic rings. The summed E-state index contributed by atoms with van der Waals surface area (Å²) in [4.78, 5) is 37.0. The second-order valence-electron chi connectivity index (χ2n) is 7.48. The summed E-state index contributed by atoms with van der Waals surface area (Å²) >= 11 is 0. The molecule has 8 nitrogen and oxygen atoms in total. The van der Waals surface area contributed by atoms with Gasteiger partial charge in [-0.25, -0.2) is 4.79 Å². The van der Waals surface area contributed by atoms with E-state index in [9.17, 15) is 22.8 Å². The Morgan fingerprint density at radius 2 is 1.86 bits per heavy atom. The molecule has 2 heterocycles. The average molecular weight is 421 g/mol. The van der Waals surface area contributed by atoms with Crippen molar-refractivity contribution in [3.05, 3.63) is 11.6 Å². The number of nitrogens with zero attached hydrogens (tertiary/aromatic N) is 2. The third-order valence-corrected chi connectivity index (χ3v) is 5.22. The molecule has 2 saturated heterocycles. The highest BCUT2D eigenvalue weighted by atomic mass is 19.4. The molecule has 1 aliphatic carbocycles. The fourth-order valence-electron chi connectivity index (χ4n) is 3.66. The zero-order valence-corrected chi connectivity index (χ0v) is 16.4. The first-order chi connectivity index (χ1) is 13.5. The number of allylic oxidation sites excluding steroid dienone is 1. The number of carbonyl (C=O) groups is 3. The maximum absolute atomic E-state index is 12.4. The van der Waals surface area contributed by atoms with Gasteiger partial charge in [0.1, 0.15) is 11.6 Å². The Morgan fingerprint density at radius 3 is 2.31 bits per heavy atom. The third kappa shape index (κ3) is 5.69. The van der Waals surface area contributed by atoms with Crippen LogP contribution in [0.1, 0.15) is 25.7 Å². The van der Waals surface area contributed by atoms with Crippen LogP contribution in [0, 0.1) is 0 Å². The molecule has 2 N–H and O–H groups in total. The number of amides is 2. The van der Waals surface area contributed by atoms with E-state index in [1.807, 2.05) is 16.8 Å². The highest BCUT2D eigenvalue weighted by Crippen LogP contribution is 2.32. The van der Waals surface area contributed by atoms with Gasteiger partial charge in [-0.15, -0.1) is 0 Å². The lowest BCUT2D eigenvalue weighted by atomic mass is 9.88. The van der Waals surface area contributed by atoms with E-state index in [1.165, 1.54) is 6.42 Å². The first kappa shape index (κ1) is 23.1. The van der Waals surface area contributed by atoms with Gasteiger partial charge in [0.15, 0.2) is 0 Å². The Balaban J connectivity index is 0.000000370. The van der Waals surface area contributed by atoms with E-state index >= 15 is 0 Å². The Kier molecular flexibility index (Phi) is 7.28. The minimum Gasteiger partial charge on any atom is -0.475 e. The highest BCUT2D eigenvalue weighted by molar-refractivity contribution is 5.94. The quantitative estimate of drug-likeness (QED) is 0.684. The zero-order chi connectivity index (χ0) is 21.8. The molecular formula is C18H26F3N3O5. The van der Waals surface area contributed by atoms with Crippen molar-refractivity contribution >= 4 is 17.8 Å². The minimum absolute atomic E-state index is 0.0167. The lowest BCUT2D eigenvalue weighted by molar-refractivity contribution is -0.199. The number of carboxylic acid groups (broad SMARTS) is 1. The summed E-state index contributed by atoms with van der Waals surface area (Å²) < 4.78 is 37.7. The average Bonchev–Trinajstić information content (AvgIpc) is 2.65. The van der Waals surface area contributed by atoms with Crippen LogP contribution < -0.4 is 5.32 Å². The molecule has 0 radical (unpaired) electrons. The summed E-state index contributed by atoms with van der Waals surface area (Å²) in [6.07, 6.45) is 1.24. The Morgan fingerprint density at radius 1 is 1.24 bits per heavy atom. The standard InChI is InChI=1S/C16H25N3O3.C2HF3O2/c1-17-14(20)13-8-22-16(9-18(13)2)10-19(11-16)15(21)12-6-4-3-5-7-12;3-2(4,5)1(6)7/h6,13H,3-5,7-11H2,1-2H3,(H,17,20);(H,6,7). The van der Waals surface area contributed by atoms with Gasteiger partial charge in [0, 0.05) is 19.2 Å². The molecule has 1 unspecified atom stereocenters. The smallest absolute Gasteiger partial charge is 0.475 e. The summed E-state index contributed by atoms with van der Waals surface area (Å²) in [6, 6.07) is -0.235. The lowest BCUT2D eigenvalue weighted by Gasteiger charge is -2.54. The van der Waals surface area contributed by atoms with Crippen LogP contribution in [0.4, 0.5) is 13.2 Å². The molecule has 2 fully saturated rings. The predicted octanol–water partition coefficient (Wildman–Crippen LogP) is 0.778. The largest absolute Gasteiger partial charge is 0.490 e. The van der Waals surface area contributed by atoms with Crippen molar-refractivity contribution in [2.24, 2.45) is 0 Å². The molecule has 1 atom stereocenters. The number of carboxylic acids is 1. The van der Waals surface area contributed by atoms with Gasteiger partial charge >= 0.3 is 12.1 Å². The number of hydrogen-bond donors (Lipinski definition) is 2. The van der Waals surface area contributed by atoms with Gasteiger partial charge in [0.05, 0.1) is 19.7 Å². The maximum Gasteiger partial charge on any atom is 0.490 e. The summed E-state index contributed by atoms with van der Waals surface area (Å²) in [7, 11) is 3.58. The van der Waals surface area contributed by atoms with E-state index in [-0.39, 0.29) is 23.5 Å². The number of likely N-dealkylation sites (N-methyl/N-ethyl adjacent to an activating group) is 2. The molecule has 11 heteroatoms. The molecule has 2 amide bonds. The van der Waals surface area contributed by atoms with Crippen LogP contribution in [0.2, 0.25) is 0 Å². The first-order valence-electron chi connectivity index (χ1n) is 9.33. The van der Waals surface area contributed by atoms with E-state index in [0.29, 0.717) is 26.2 Å². The number of halogens is 3. The zero-order valence-electron chi connectivity index (χ0n) is 16.4. The van der Waals surface area contributed by atoms with Gasteiger partial charge in [-0.05, 0) is 32.7 Å². The van der Waals surface area contributed by atoms with Crippen LogP contribution in [0.3, 0.4) is 0 Å². The molecule has 1 spiro atoms. The molecule has 2 aliphatic heterocycles. The lowest BCUT2D eigenvalue weighted by Crippen LogP contribution is -2.73. The molecule has 0 saturated carbocycles. The Labute approximate surface area is 166 Å².